The zero-order valence-corrected chi connectivity index (χ0v) is 12.1. The molecule has 3 nitrogen and oxygen atoms in total. The number of fused-ring (bicyclic) bond motifs is 3. The van der Waals surface area contributed by atoms with Gasteiger partial charge in [0.2, 0.25) is 0 Å². The molecule has 108 valence electrons. The van der Waals surface area contributed by atoms with E-state index in [9.17, 15) is 4.79 Å². The van der Waals surface area contributed by atoms with Gasteiger partial charge in [-0.25, -0.2) is 4.79 Å². The quantitative estimate of drug-likeness (QED) is 0.384. The molecule has 3 heteroatoms. The van der Waals surface area contributed by atoms with Crippen molar-refractivity contribution >= 4 is 21.7 Å². The lowest BCUT2D eigenvalue weighted by molar-refractivity contribution is 0.569. The fourth-order valence-electron chi connectivity index (χ4n) is 2.81. The van der Waals surface area contributed by atoms with E-state index >= 15 is 0 Å². The number of nitriles is 1. The van der Waals surface area contributed by atoms with E-state index in [2.05, 4.69) is 6.07 Å². The van der Waals surface area contributed by atoms with Crippen molar-refractivity contribution in [2.24, 2.45) is 0 Å². The van der Waals surface area contributed by atoms with Crippen molar-refractivity contribution in [3.05, 3.63) is 82.7 Å². The van der Waals surface area contributed by atoms with Crippen LogP contribution in [0.25, 0.3) is 32.9 Å². The van der Waals surface area contributed by atoms with Gasteiger partial charge in [-0.3, -0.25) is 0 Å². The molecule has 1 heterocycles. The number of rotatable bonds is 1. The molecule has 0 amide bonds. The summed E-state index contributed by atoms with van der Waals surface area (Å²) in [4.78, 5) is 12.3. The minimum atomic E-state index is -0.366. The molecule has 0 saturated heterocycles. The topological polar surface area (TPSA) is 54.0 Å². The van der Waals surface area contributed by atoms with Gasteiger partial charge in [-0.15, -0.1) is 0 Å². The first-order valence-corrected chi connectivity index (χ1v) is 7.22. The molecule has 0 bridgehead atoms. The van der Waals surface area contributed by atoms with Crippen molar-refractivity contribution < 1.29 is 4.42 Å². The highest BCUT2D eigenvalue weighted by Crippen LogP contribution is 2.28. The first-order chi connectivity index (χ1) is 11.3. The fourth-order valence-corrected chi connectivity index (χ4v) is 2.81. The molecule has 0 aliphatic carbocycles. The average Bonchev–Trinajstić information content (AvgIpc) is 2.62. The molecule has 3 aromatic carbocycles. The normalized spacial score (nSPS) is 10.7. The average molecular weight is 297 g/mol. The third-order valence-electron chi connectivity index (χ3n) is 3.95. The Morgan fingerprint density at radius 2 is 1.61 bits per heavy atom. The molecule has 0 aliphatic heterocycles. The van der Waals surface area contributed by atoms with Gasteiger partial charge in [0, 0.05) is 10.8 Å². The Morgan fingerprint density at radius 1 is 0.783 bits per heavy atom. The second-order valence-electron chi connectivity index (χ2n) is 5.34. The highest BCUT2D eigenvalue weighted by atomic mass is 16.4. The highest BCUT2D eigenvalue weighted by Gasteiger charge is 2.09. The third kappa shape index (κ3) is 2.18. The van der Waals surface area contributed by atoms with Crippen molar-refractivity contribution in [1.29, 1.82) is 5.26 Å². The maximum Gasteiger partial charge on any atom is 0.344 e. The SMILES string of the molecule is N#Cc1ccc2oc(=O)c3cc(-c4ccccc4)ccc3c2c1. The van der Waals surface area contributed by atoms with Crippen LogP contribution in [0.3, 0.4) is 0 Å². The van der Waals surface area contributed by atoms with Crippen LogP contribution >= 0.6 is 0 Å². The van der Waals surface area contributed by atoms with Crippen LogP contribution in [0.5, 0.6) is 0 Å². The monoisotopic (exact) mass is 297 g/mol. The first-order valence-electron chi connectivity index (χ1n) is 7.22. The molecular weight excluding hydrogens is 286 g/mol. The molecule has 4 aromatic rings. The van der Waals surface area contributed by atoms with E-state index in [1.54, 1.807) is 18.2 Å². The summed E-state index contributed by atoms with van der Waals surface area (Å²) < 4.78 is 5.40. The van der Waals surface area contributed by atoms with E-state index in [4.69, 9.17) is 9.68 Å². The second kappa shape index (κ2) is 5.11. The van der Waals surface area contributed by atoms with E-state index < -0.39 is 0 Å². The number of benzene rings is 3. The predicted octanol–water partition coefficient (Wildman–Crippen LogP) is 4.48. The van der Waals surface area contributed by atoms with Gasteiger partial charge in [0.25, 0.3) is 0 Å². The first kappa shape index (κ1) is 13.3. The van der Waals surface area contributed by atoms with Crippen LogP contribution in [0.15, 0.2) is 75.9 Å². The summed E-state index contributed by atoms with van der Waals surface area (Å²) in [6.45, 7) is 0. The van der Waals surface area contributed by atoms with E-state index in [0.29, 0.717) is 16.5 Å². The summed E-state index contributed by atoms with van der Waals surface area (Å²) in [6, 6.07) is 22.8. The van der Waals surface area contributed by atoms with Crippen molar-refractivity contribution in [2.75, 3.05) is 0 Å². The van der Waals surface area contributed by atoms with Gasteiger partial charge >= 0.3 is 5.63 Å². The summed E-state index contributed by atoms with van der Waals surface area (Å²) in [6.07, 6.45) is 0. The van der Waals surface area contributed by atoms with Crippen LogP contribution in [0, 0.1) is 11.3 Å². The Bertz CT molecular complexity index is 1140. The van der Waals surface area contributed by atoms with Gasteiger partial charge in [-0.1, -0.05) is 42.5 Å². The van der Waals surface area contributed by atoms with Crippen molar-refractivity contribution in [1.82, 2.24) is 0 Å². The predicted molar refractivity (Wildman–Crippen MR) is 90.1 cm³/mol. The minimum Gasteiger partial charge on any atom is -0.422 e. The molecule has 0 radical (unpaired) electrons. The molecule has 0 saturated carbocycles. The van der Waals surface area contributed by atoms with Gasteiger partial charge in [-0.05, 0) is 35.4 Å². The van der Waals surface area contributed by atoms with Crippen LogP contribution in [0.2, 0.25) is 0 Å². The van der Waals surface area contributed by atoms with Crippen LogP contribution < -0.4 is 5.63 Å². The number of hydrogen-bond donors (Lipinski definition) is 0. The molecule has 0 spiro atoms. The fraction of sp³-hybridized carbons (Fsp3) is 0. The van der Waals surface area contributed by atoms with E-state index in [-0.39, 0.29) is 5.63 Å². The Kier molecular flexibility index (Phi) is 2.96. The van der Waals surface area contributed by atoms with E-state index in [1.807, 2.05) is 48.5 Å². The summed E-state index contributed by atoms with van der Waals surface area (Å²) in [5, 5.41) is 11.2. The zero-order valence-electron chi connectivity index (χ0n) is 12.1. The van der Waals surface area contributed by atoms with Crippen LogP contribution in [-0.4, -0.2) is 0 Å². The standard InChI is InChI=1S/C20H11NO2/c21-12-13-6-9-19-17(10-13)16-8-7-15(11-18(16)20(22)23-19)14-4-2-1-3-5-14/h1-11H. The maximum absolute atomic E-state index is 12.3. The van der Waals surface area contributed by atoms with Gasteiger partial charge in [0.1, 0.15) is 5.58 Å². The summed E-state index contributed by atoms with van der Waals surface area (Å²) in [5.74, 6) is 0. The van der Waals surface area contributed by atoms with Gasteiger partial charge in [0.05, 0.1) is 17.0 Å². The van der Waals surface area contributed by atoms with E-state index in [1.165, 1.54) is 0 Å². The van der Waals surface area contributed by atoms with Crippen molar-refractivity contribution in [3.63, 3.8) is 0 Å². The number of hydrogen-bond acceptors (Lipinski definition) is 3. The smallest absolute Gasteiger partial charge is 0.344 e. The zero-order chi connectivity index (χ0) is 15.8. The molecule has 0 aliphatic rings. The van der Waals surface area contributed by atoms with E-state index in [0.717, 1.165) is 21.9 Å². The highest BCUT2D eigenvalue weighted by molar-refractivity contribution is 6.05. The second-order valence-corrected chi connectivity index (χ2v) is 5.34. The number of nitrogens with zero attached hydrogens (tertiary/aromatic N) is 1. The van der Waals surface area contributed by atoms with Crippen molar-refractivity contribution in [3.8, 4) is 17.2 Å². The van der Waals surface area contributed by atoms with Crippen LogP contribution in [-0.2, 0) is 0 Å². The Morgan fingerprint density at radius 3 is 2.39 bits per heavy atom. The third-order valence-corrected chi connectivity index (χ3v) is 3.95. The van der Waals surface area contributed by atoms with Gasteiger partial charge < -0.3 is 4.42 Å². The van der Waals surface area contributed by atoms with Crippen LogP contribution in [0.1, 0.15) is 5.56 Å². The molecule has 0 fully saturated rings. The molecule has 0 atom stereocenters. The molecular formula is C20H11NO2. The lowest BCUT2D eigenvalue weighted by atomic mass is 10.00. The summed E-state index contributed by atoms with van der Waals surface area (Å²) >= 11 is 0. The van der Waals surface area contributed by atoms with Gasteiger partial charge in [0.15, 0.2) is 0 Å². The minimum absolute atomic E-state index is 0.366. The Balaban J connectivity index is 2.06. The molecule has 0 N–H and O–H groups in total. The largest absolute Gasteiger partial charge is 0.422 e. The summed E-state index contributed by atoms with van der Waals surface area (Å²) in [5.41, 5.74) is 2.67. The molecule has 1 aromatic heterocycles. The molecule has 0 unspecified atom stereocenters. The lowest BCUT2D eigenvalue weighted by Crippen LogP contribution is -2.00. The summed E-state index contributed by atoms with van der Waals surface area (Å²) in [7, 11) is 0. The Labute approximate surface area is 132 Å². The molecule has 4 rings (SSSR count). The van der Waals surface area contributed by atoms with Crippen molar-refractivity contribution in [2.45, 2.75) is 0 Å². The molecule has 23 heavy (non-hydrogen) atoms. The lowest BCUT2D eigenvalue weighted by Gasteiger charge is -2.06. The van der Waals surface area contributed by atoms with Gasteiger partial charge in [-0.2, -0.15) is 5.26 Å². The maximum atomic E-state index is 12.3. The Hall–Kier alpha value is -3.38. The van der Waals surface area contributed by atoms with Crippen LogP contribution in [0.4, 0.5) is 0 Å².